The first kappa shape index (κ1) is 20.6. The van der Waals surface area contributed by atoms with Crippen LogP contribution < -0.4 is 0 Å². The number of rotatable bonds is 8. The van der Waals surface area contributed by atoms with Crippen LogP contribution in [0.4, 0.5) is 11.4 Å². The first-order chi connectivity index (χ1) is 13.7. The molecule has 2 aromatic rings. The Kier molecular flexibility index (Phi) is 7.28. The Labute approximate surface area is 166 Å². The maximum atomic E-state index is 4.86. The first-order valence-electron chi connectivity index (χ1n) is 8.88. The van der Waals surface area contributed by atoms with Gasteiger partial charge in [0.05, 0.1) is 33.8 Å². The molecule has 0 saturated carbocycles. The Balaban J connectivity index is 3.15. The number of benzene rings is 1. The highest BCUT2D eigenvalue weighted by Gasteiger charge is 2.19. The summed E-state index contributed by atoms with van der Waals surface area (Å²) < 4.78 is 0. The van der Waals surface area contributed by atoms with Gasteiger partial charge >= 0.3 is 0 Å². The van der Waals surface area contributed by atoms with Gasteiger partial charge in [0.2, 0.25) is 0 Å². The van der Waals surface area contributed by atoms with Gasteiger partial charge in [0.25, 0.3) is 0 Å². The van der Waals surface area contributed by atoms with Crippen molar-refractivity contribution in [2.24, 2.45) is 9.98 Å². The second-order valence-electron chi connectivity index (χ2n) is 5.62. The molecule has 4 nitrogen and oxygen atoms in total. The molecule has 0 spiro atoms. The average molecular weight is 368 g/mol. The Morgan fingerprint density at radius 3 is 2.00 bits per heavy atom. The predicted octanol–water partition coefficient (Wildman–Crippen LogP) is 6.76. The van der Waals surface area contributed by atoms with E-state index >= 15 is 0 Å². The summed E-state index contributed by atoms with van der Waals surface area (Å²) in [4.78, 5) is 18.8. The number of allylic oxidation sites excluding steroid dienone is 4. The molecule has 140 valence electrons. The van der Waals surface area contributed by atoms with Gasteiger partial charge < -0.3 is 0 Å². The van der Waals surface area contributed by atoms with Crippen LogP contribution in [0.1, 0.15) is 36.4 Å². The fourth-order valence-electron chi connectivity index (χ4n) is 2.78. The largest absolute Gasteiger partial charge is 0.259 e. The molecule has 0 atom stereocenters. The Bertz CT molecular complexity index is 1050. The van der Waals surface area contributed by atoms with Crippen molar-refractivity contribution < 1.29 is 0 Å². The highest BCUT2D eigenvalue weighted by atomic mass is 14.9. The normalized spacial score (nSPS) is 11.9. The lowest BCUT2D eigenvalue weighted by atomic mass is 10.0. The van der Waals surface area contributed by atoms with E-state index in [0.717, 1.165) is 16.6 Å². The van der Waals surface area contributed by atoms with Gasteiger partial charge in [-0.3, -0.25) is 9.98 Å². The highest BCUT2D eigenvalue weighted by Crippen LogP contribution is 2.42. The van der Waals surface area contributed by atoms with Crippen molar-refractivity contribution in [3.8, 4) is 0 Å². The van der Waals surface area contributed by atoms with Gasteiger partial charge in [-0.25, -0.2) is 9.97 Å². The molecule has 0 amide bonds. The molecule has 0 aliphatic carbocycles. The molecule has 0 aliphatic rings. The minimum atomic E-state index is 0.672. The maximum absolute atomic E-state index is 4.86. The minimum Gasteiger partial charge on any atom is -0.259 e. The number of fused-ring (bicyclic) bond motifs is 1. The Morgan fingerprint density at radius 1 is 0.750 bits per heavy atom. The van der Waals surface area contributed by atoms with Crippen LogP contribution in [0.2, 0.25) is 0 Å². The van der Waals surface area contributed by atoms with Gasteiger partial charge in [0.1, 0.15) is 0 Å². The molecule has 1 aromatic carbocycles. The lowest BCUT2D eigenvalue weighted by Gasteiger charge is -2.15. The van der Waals surface area contributed by atoms with E-state index in [9.17, 15) is 0 Å². The van der Waals surface area contributed by atoms with E-state index in [-0.39, 0.29) is 0 Å². The highest BCUT2D eigenvalue weighted by molar-refractivity contribution is 6.04. The second-order valence-corrected chi connectivity index (χ2v) is 5.62. The fraction of sp³-hybridized carbons (Fsp3) is 0.0833. The smallest absolute Gasteiger partial charge is 0.0996 e. The van der Waals surface area contributed by atoms with Crippen molar-refractivity contribution in [3.05, 3.63) is 73.1 Å². The van der Waals surface area contributed by atoms with E-state index in [4.69, 9.17) is 9.97 Å². The zero-order valence-corrected chi connectivity index (χ0v) is 16.4. The van der Waals surface area contributed by atoms with Gasteiger partial charge in [-0.15, -0.1) is 0 Å². The molecular formula is C24H24N4. The van der Waals surface area contributed by atoms with Gasteiger partial charge in [-0.2, -0.15) is 0 Å². The molecule has 4 heteroatoms. The minimum absolute atomic E-state index is 0.672. The SMILES string of the molecule is C=CC=Nc1c(N=CC)c(/C=C\C)c2nc(/C=C\C=C)c(C=C)nc2c1C=C. The lowest BCUT2D eigenvalue weighted by Crippen LogP contribution is -1.99. The van der Waals surface area contributed by atoms with Crippen molar-refractivity contribution in [2.45, 2.75) is 13.8 Å². The maximum Gasteiger partial charge on any atom is 0.0996 e. The topological polar surface area (TPSA) is 50.5 Å². The summed E-state index contributed by atoms with van der Waals surface area (Å²) in [5, 5.41) is 0. The second kappa shape index (κ2) is 9.88. The first-order valence-corrected chi connectivity index (χ1v) is 8.88. The van der Waals surface area contributed by atoms with E-state index in [1.807, 2.05) is 38.2 Å². The molecule has 0 radical (unpaired) electrons. The summed E-state index contributed by atoms with van der Waals surface area (Å²) >= 11 is 0. The third-order valence-electron chi connectivity index (χ3n) is 3.88. The summed E-state index contributed by atoms with van der Waals surface area (Å²) in [6.45, 7) is 19.1. The number of aliphatic imine (C=N–C) groups is 2. The molecule has 1 aromatic heterocycles. The van der Waals surface area contributed by atoms with Crippen LogP contribution in [0, 0.1) is 0 Å². The van der Waals surface area contributed by atoms with Gasteiger partial charge in [0.15, 0.2) is 0 Å². The van der Waals surface area contributed by atoms with Crippen molar-refractivity contribution in [3.63, 3.8) is 0 Å². The van der Waals surface area contributed by atoms with Crippen LogP contribution in [-0.2, 0) is 0 Å². The standard InChI is InChI=1S/C24H24N4/c1-7-13-15-20-19(11-5)27-23-17(10-4)21(26-16-9-3)22(25-12-6)18(14-8-2)24(23)28-20/h7-16H,1,3-5H2,2,6H3/b14-8-,15-13-,25-12?,26-16?. The van der Waals surface area contributed by atoms with E-state index < -0.39 is 0 Å². The quantitative estimate of drug-likeness (QED) is 0.382. The average Bonchev–Trinajstić information content (AvgIpc) is 2.71. The van der Waals surface area contributed by atoms with Crippen molar-refractivity contribution in [1.29, 1.82) is 0 Å². The zero-order valence-electron chi connectivity index (χ0n) is 16.4. The van der Waals surface area contributed by atoms with Crippen LogP contribution in [0.15, 0.2) is 60.6 Å². The molecule has 28 heavy (non-hydrogen) atoms. The number of hydrogen-bond acceptors (Lipinski definition) is 4. The molecule has 2 rings (SSSR count). The van der Waals surface area contributed by atoms with E-state index in [0.29, 0.717) is 28.3 Å². The molecule has 0 bridgehead atoms. The zero-order chi connectivity index (χ0) is 20.5. The third-order valence-corrected chi connectivity index (χ3v) is 3.88. The number of nitrogens with zero attached hydrogens (tertiary/aromatic N) is 4. The van der Waals surface area contributed by atoms with Crippen LogP contribution in [0.25, 0.3) is 35.3 Å². The molecule has 0 saturated heterocycles. The van der Waals surface area contributed by atoms with Gasteiger partial charge in [-0.05, 0) is 26.0 Å². The molecule has 0 unspecified atom stereocenters. The molecular weight excluding hydrogens is 344 g/mol. The third kappa shape index (κ3) is 4.01. The fourth-order valence-corrected chi connectivity index (χ4v) is 2.78. The number of hydrogen-bond donors (Lipinski definition) is 0. The van der Waals surface area contributed by atoms with Crippen molar-refractivity contribution in [1.82, 2.24) is 9.97 Å². The molecule has 0 aliphatic heterocycles. The summed E-state index contributed by atoms with van der Waals surface area (Å²) in [5.74, 6) is 0. The summed E-state index contributed by atoms with van der Waals surface area (Å²) in [6.07, 6.45) is 17.7. The van der Waals surface area contributed by atoms with E-state index in [1.54, 1.807) is 36.7 Å². The lowest BCUT2D eigenvalue weighted by molar-refractivity contribution is 1.23. The van der Waals surface area contributed by atoms with Crippen LogP contribution in [0.3, 0.4) is 0 Å². The molecule has 1 heterocycles. The monoisotopic (exact) mass is 368 g/mol. The van der Waals surface area contributed by atoms with Crippen LogP contribution in [-0.4, -0.2) is 22.4 Å². The Hall–Kier alpha value is -3.66. The summed E-state index contributed by atoms with van der Waals surface area (Å²) in [6, 6.07) is 0. The molecule has 0 fully saturated rings. The van der Waals surface area contributed by atoms with E-state index in [2.05, 4.69) is 36.3 Å². The van der Waals surface area contributed by atoms with E-state index in [1.165, 1.54) is 0 Å². The van der Waals surface area contributed by atoms with Crippen molar-refractivity contribution >= 4 is 59.1 Å². The van der Waals surface area contributed by atoms with Gasteiger partial charge in [-0.1, -0.05) is 62.8 Å². The van der Waals surface area contributed by atoms with Gasteiger partial charge in [0, 0.05) is 23.6 Å². The van der Waals surface area contributed by atoms with Crippen LogP contribution in [0.5, 0.6) is 0 Å². The summed E-state index contributed by atoms with van der Waals surface area (Å²) in [7, 11) is 0. The number of aromatic nitrogens is 2. The summed E-state index contributed by atoms with van der Waals surface area (Å²) in [5.41, 5.74) is 5.78. The Morgan fingerprint density at radius 2 is 1.43 bits per heavy atom. The van der Waals surface area contributed by atoms with Crippen LogP contribution >= 0.6 is 0 Å². The molecule has 0 N–H and O–H groups in total. The van der Waals surface area contributed by atoms with Crippen molar-refractivity contribution in [2.75, 3.05) is 0 Å². The predicted molar refractivity (Wildman–Crippen MR) is 126 cm³/mol.